The summed E-state index contributed by atoms with van der Waals surface area (Å²) < 4.78 is 10.8. The zero-order valence-corrected chi connectivity index (χ0v) is 15.8. The second kappa shape index (κ2) is 7.34. The zero-order chi connectivity index (χ0) is 18.9. The fraction of sp³-hybridized carbons (Fsp3) is 0.304. The van der Waals surface area contributed by atoms with Gasteiger partial charge in [0.25, 0.3) is 0 Å². The number of rotatable bonds is 4. The fourth-order valence-corrected chi connectivity index (χ4v) is 4.12. The molecule has 1 N–H and O–H groups in total. The highest BCUT2D eigenvalue weighted by Crippen LogP contribution is 2.38. The van der Waals surface area contributed by atoms with Gasteiger partial charge in [0.1, 0.15) is 5.75 Å². The van der Waals surface area contributed by atoms with E-state index in [2.05, 4.69) is 52.3 Å². The van der Waals surface area contributed by atoms with E-state index in [1.54, 1.807) is 6.07 Å². The van der Waals surface area contributed by atoms with Crippen molar-refractivity contribution in [3.8, 4) is 17.2 Å². The lowest BCUT2D eigenvalue weighted by atomic mass is 10.0. The number of benzene rings is 3. The van der Waals surface area contributed by atoms with Crippen molar-refractivity contribution in [2.45, 2.75) is 13.1 Å². The average molecular weight is 376 g/mol. The molecular formula is C23H24N2O3. The van der Waals surface area contributed by atoms with Crippen molar-refractivity contribution < 1.29 is 14.6 Å². The molecule has 28 heavy (non-hydrogen) atoms. The van der Waals surface area contributed by atoms with Gasteiger partial charge in [-0.25, -0.2) is 0 Å². The summed E-state index contributed by atoms with van der Waals surface area (Å²) in [6, 6.07) is 18.7. The molecule has 1 fully saturated rings. The first kappa shape index (κ1) is 17.3. The van der Waals surface area contributed by atoms with Crippen LogP contribution in [0.25, 0.3) is 10.8 Å². The topological polar surface area (TPSA) is 45.2 Å². The molecular weight excluding hydrogens is 352 g/mol. The summed E-state index contributed by atoms with van der Waals surface area (Å²) in [6.45, 7) is 5.94. The van der Waals surface area contributed by atoms with Gasteiger partial charge >= 0.3 is 0 Å². The maximum absolute atomic E-state index is 10.3. The molecule has 0 aliphatic carbocycles. The molecule has 3 aromatic carbocycles. The van der Waals surface area contributed by atoms with E-state index in [1.165, 1.54) is 16.3 Å². The summed E-state index contributed by atoms with van der Waals surface area (Å²) in [5, 5.41) is 12.9. The Morgan fingerprint density at radius 2 is 1.39 bits per heavy atom. The number of aromatic hydroxyl groups is 1. The molecule has 0 unspecified atom stereocenters. The maximum Gasteiger partial charge on any atom is 0.231 e. The third-order valence-electron chi connectivity index (χ3n) is 5.71. The molecule has 0 bridgehead atoms. The standard InChI is InChI=1S/C23H24N2O3/c26-21-13-23-22(27-16-28-23)12-19(21)15-25-10-8-24(9-11-25)14-18-6-3-5-17-4-1-2-7-20(17)18/h1-7,12-13,26H,8-11,14-16H2. The van der Waals surface area contributed by atoms with E-state index < -0.39 is 0 Å². The minimum Gasteiger partial charge on any atom is -0.507 e. The number of hydrogen-bond acceptors (Lipinski definition) is 5. The first-order valence-corrected chi connectivity index (χ1v) is 9.79. The lowest BCUT2D eigenvalue weighted by Gasteiger charge is -2.35. The van der Waals surface area contributed by atoms with Crippen LogP contribution in [0.1, 0.15) is 11.1 Å². The van der Waals surface area contributed by atoms with E-state index in [9.17, 15) is 5.11 Å². The Morgan fingerprint density at radius 1 is 0.750 bits per heavy atom. The minimum atomic E-state index is 0.227. The van der Waals surface area contributed by atoms with Crippen LogP contribution in [0.15, 0.2) is 54.6 Å². The highest BCUT2D eigenvalue weighted by atomic mass is 16.7. The largest absolute Gasteiger partial charge is 0.507 e. The summed E-state index contributed by atoms with van der Waals surface area (Å²) in [5.74, 6) is 1.63. The minimum absolute atomic E-state index is 0.227. The smallest absolute Gasteiger partial charge is 0.231 e. The first-order chi connectivity index (χ1) is 13.8. The molecule has 0 atom stereocenters. The van der Waals surface area contributed by atoms with Crippen molar-refractivity contribution in [2.75, 3.05) is 33.0 Å². The van der Waals surface area contributed by atoms with Gasteiger partial charge in [-0.1, -0.05) is 42.5 Å². The van der Waals surface area contributed by atoms with Crippen LogP contribution in [-0.2, 0) is 13.1 Å². The average Bonchev–Trinajstić information content (AvgIpc) is 3.17. The van der Waals surface area contributed by atoms with Crippen molar-refractivity contribution in [1.29, 1.82) is 0 Å². The van der Waals surface area contributed by atoms with Gasteiger partial charge in [-0.3, -0.25) is 9.80 Å². The van der Waals surface area contributed by atoms with Gasteiger partial charge in [0.15, 0.2) is 11.5 Å². The molecule has 144 valence electrons. The Bertz CT molecular complexity index is 991. The van der Waals surface area contributed by atoms with Crippen LogP contribution >= 0.6 is 0 Å². The molecule has 1 saturated heterocycles. The molecule has 5 heteroatoms. The van der Waals surface area contributed by atoms with Crippen LogP contribution < -0.4 is 9.47 Å². The van der Waals surface area contributed by atoms with Gasteiger partial charge in [0, 0.05) is 50.9 Å². The van der Waals surface area contributed by atoms with Crippen LogP contribution in [0.5, 0.6) is 17.2 Å². The zero-order valence-electron chi connectivity index (χ0n) is 15.8. The second-order valence-corrected chi connectivity index (χ2v) is 7.52. The Kier molecular flexibility index (Phi) is 4.55. The van der Waals surface area contributed by atoms with Gasteiger partial charge in [0.2, 0.25) is 6.79 Å². The molecule has 0 saturated carbocycles. The van der Waals surface area contributed by atoms with Crippen LogP contribution in [-0.4, -0.2) is 47.9 Å². The van der Waals surface area contributed by atoms with E-state index >= 15 is 0 Å². The van der Waals surface area contributed by atoms with E-state index in [-0.39, 0.29) is 12.5 Å². The first-order valence-electron chi connectivity index (χ1n) is 9.79. The fourth-order valence-electron chi connectivity index (χ4n) is 4.12. The van der Waals surface area contributed by atoms with E-state index in [4.69, 9.17) is 9.47 Å². The monoisotopic (exact) mass is 376 g/mol. The molecule has 5 nitrogen and oxygen atoms in total. The molecule has 3 aromatic rings. The van der Waals surface area contributed by atoms with Crippen LogP contribution in [0.3, 0.4) is 0 Å². The lowest BCUT2D eigenvalue weighted by Crippen LogP contribution is -2.45. The molecule has 2 aliphatic heterocycles. The summed E-state index contributed by atoms with van der Waals surface area (Å²) in [5.41, 5.74) is 2.28. The van der Waals surface area contributed by atoms with Gasteiger partial charge in [-0.15, -0.1) is 0 Å². The van der Waals surface area contributed by atoms with Crippen molar-refractivity contribution >= 4 is 10.8 Å². The molecule has 2 heterocycles. The predicted molar refractivity (Wildman–Crippen MR) is 109 cm³/mol. The molecule has 5 rings (SSSR count). The maximum atomic E-state index is 10.3. The molecule has 0 aromatic heterocycles. The van der Waals surface area contributed by atoms with Gasteiger partial charge in [-0.2, -0.15) is 0 Å². The Morgan fingerprint density at radius 3 is 2.18 bits per heavy atom. The number of phenolic OH excluding ortho intramolecular Hbond substituents is 1. The summed E-state index contributed by atoms with van der Waals surface area (Å²) in [6.07, 6.45) is 0. The Balaban J connectivity index is 1.22. The van der Waals surface area contributed by atoms with E-state index in [0.29, 0.717) is 5.75 Å². The molecule has 2 aliphatic rings. The number of nitrogens with zero attached hydrogens (tertiary/aromatic N) is 2. The number of phenols is 1. The Hall–Kier alpha value is -2.76. The third kappa shape index (κ3) is 3.39. The number of piperazine rings is 1. The van der Waals surface area contributed by atoms with Crippen LogP contribution in [0, 0.1) is 0 Å². The lowest BCUT2D eigenvalue weighted by molar-refractivity contribution is 0.121. The summed E-state index contributed by atoms with van der Waals surface area (Å²) in [4.78, 5) is 4.90. The van der Waals surface area contributed by atoms with E-state index in [1.807, 2.05) is 6.07 Å². The van der Waals surface area contributed by atoms with Crippen LogP contribution in [0.4, 0.5) is 0 Å². The molecule has 0 amide bonds. The molecule has 0 radical (unpaired) electrons. The summed E-state index contributed by atoms with van der Waals surface area (Å²) >= 11 is 0. The second-order valence-electron chi connectivity index (χ2n) is 7.52. The highest BCUT2D eigenvalue weighted by molar-refractivity contribution is 5.85. The number of fused-ring (bicyclic) bond motifs is 2. The van der Waals surface area contributed by atoms with Crippen molar-refractivity contribution in [3.63, 3.8) is 0 Å². The number of hydrogen-bond donors (Lipinski definition) is 1. The van der Waals surface area contributed by atoms with Gasteiger partial charge in [-0.05, 0) is 22.4 Å². The van der Waals surface area contributed by atoms with Gasteiger partial charge in [0.05, 0.1) is 0 Å². The predicted octanol–water partition coefficient (Wildman–Crippen LogP) is 3.59. The summed E-state index contributed by atoms with van der Waals surface area (Å²) in [7, 11) is 0. The van der Waals surface area contributed by atoms with Gasteiger partial charge < -0.3 is 14.6 Å². The molecule has 0 spiro atoms. The number of ether oxygens (including phenoxy) is 2. The highest BCUT2D eigenvalue weighted by Gasteiger charge is 2.21. The van der Waals surface area contributed by atoms with Crippen LogP contribution in [0.2, 0.25) is 0 Å². The van der Waals surface area contributed by atoms with Crippen molar-refractivity contribution in [2.24, 2.45) is 0 Å². The Labute approximate surface area is 164 Å². The van der Waals surface area contributed by atoms with Crippen molar-refractivity contribution in [1.82, 2.24) is 9.80 Å². The normalized spacial score (nSPS) is 17.3. The quantitative estimate of drug-likeness (QED) is 0.754. The van der Waals surface area contributed by atoms with Crippen molar-refractivity contribution in [3.05, 3.63) is 65.7 Å². The third-order valence-corrected chi connectivity index (χ3v) is 5.71. The SMILES string of the molecule is Oc1cc2c(cc1CN1CCN(Cc3cccc4ccccc34)CC1)OCO2. The van der Waals surface area contributed by atoms with E-state index in [0.717, 1.165) is 50.6 Å².